The third-order valence-corrected chi connectivity index (χ3v) is 2.69. The molecule has 2 N–H and O–H groups in total. The first-order chi connectivity index (χ1) is 7.50. The third-order valence-electron chi connectivity index (χ3n) is 2.69. The monoisotopic (exact) mass is 229 g/mol. The minimum Gasteiger partial charge on any atom is -0.481 e. The molecule has 1 saturated heterocycles. The SMILES string of the molecule is CC(C)CCC(=O)NC1COCC1C(=O)O. The van der Waals surface area contributed by atoms with Crippen molar-refractivity contribution in [2.24, 2.45) is 11.8 Å². The minimum absolute atomic E-state index is 0.0875. The molecule has 1 aliphatic rings. The molecular weight excluding hydrogens is 210 g/mol. The van der Waals surface area contributed by atoms with Crippen molar-refractivity contribution in [2.45, 2.75) is 32.7 Å². The topological polar surface area (TPSA) is 75.6 Å². The summed E-state index contributed by atoms with van der Waals surface area (Å²) in [4.78, 5) is 22.3. The van der Waals surface area contributed by atoms with E-state index in [9.17, 15) is 9.59 Å². The van der Waals surface area contributed by atoms with Gasteiger partial charge >= 0.3 is 5.97 Å². The van der Waals surface area contributed by atoms with E-state index < -0.39 is 11.9 Å². The molecule has 0 saturated carbocycles. The van der Waals surface area contributed by atoms with Crippen molar-refractivity contribution in [3.05, 3.63) is 0 Å². The van der Waals surface area contributed by atoms with Gasteiger partial charge in [0, 0.05) is 6.42 Å². The van der Waals surface area contributed by atoms with Gasteiger partial charge in [-0.3, -0.25) is 9.59 Å². The highest BCUT2D eigenvalue weighted by molar-refractivity contribution is 5.78. The first-order valence-corrected chi connectivity index (χ1v) is 5.60. The van der Waals surface area contributed by atoms with Crippen LogP contribution >= 0.6 is 0 Å². The number of carboxylic acids is 1. The van der Waals surface area contributed by atoms with Crippen molar-refractivity contribution in [3.63, 3.8) is 0 Å². The Labute approximate surface area is 95.2 Å². The van der Waals surface area contributed by atoms with Gasteiger partial charge in [-0.15, -0.1) is 0 Å². The van der Waals surface area contributed by atoms with Gasteiger partial charge < -0.3 is 15.2 Å². The fraction of sp³-hybridized carbons (Fsp3) is 0.818. The molecule has 0 aromatic heterocycles. The van der Waals surface area contributed by atoms with Crippen LogP contribution in [0.2, 0.25) is 0 Å². The van der Waals surface area contributed by atoms with E-state index in [1.807, 2.05) is 13.8 Å². The highest BCUT2D eigenvalue weighted by Gasteiger charge is 2.34. The van der Waals surface area contributed by atoms with Crippen LogP contribution in [0.4, 0.5) is 0 Å². The van der Waals surface area contributed by atoms with E-state index in [4.69, 9.17) is 9.84 Å². The number of ether oxygens (including phenoxy) is 1. The zero-order valence-corrected chi connectivity index (χ0v) is 9.73. The summed E-state index contributed by atoms with van der Waals surface area (Å²) < 4.78 is 5.06. The molecule has 1 heterocycles. The highest BCUT2D eigenvalue weighted by atomic mass is 16.5. The van der Waals surface area contributed by atoms with Gasteiger partial charge in [-0.2, -0.15) is 0 Å². The standard InChI is InChI=1S/C11H19NO4/c1-7(2)3-4-10(13)12-9-6-16-5-8(9)11(14)15/h7-9H,3-6H2,1-2H3,(H,12,13)(H,14,15). The average Bonchev–Trinajstić information content (AvgIpc) is 2.62. The van der Waals surface area contributed by atoms with Gasteiger partial charge in [-0.25, -0.2) is 0 Å². The maximum atomic E-state index is 11.5. The summed E-state index contributed by atoms with van der Waals surface area (Å²) >= 11 is 0. The predicted molar refractivity (Wildman–Crippen MR) is 57.9 cm³/mol. The van der Waals surface area contributed by atoms with Crippen molar-refractivity contribution in [1.29, 1.82) is 0 Å². The van der Waals surface area contributed by atoms with Gasteiger partial charge in [0.05, 0.1) is 19.3 Å². The quantitative estimate of drug-likeness (QED) is 0.725. The Bertz CT molecular complexity index is 265. The van der Waals surface area contributed by atoms with Crippen LogP contribution in [0.3, 0.4) is 0 Å². The Hall–Kier alpha value is -1.10. The molecule has 5 heteroatoms. The molecule has 0 aromatic carbocycles. The Morgan fingerprint density at radius 1 is 1.44 bits per heavy atom. The first kappa shape index (κ1) is 13.0. The van der Waals surface area contributed by atoms with Gasteiger partial charge in [0.1, 0.15) is 5.92 Å². The Balaban J connectivity index is 2.35. The number of amides is 1. The molecular formula is C11H19NO4. The van der Waals surface area contributed by atoms with E-state index in [2.05, 4.69) is 5.32 Å². The van der Waals surface area contributed by atoms with Crippen molar-refractivity contribution < 1.29 is 19.4 Å². The van der Waals surface area contributed by atoms with Crippen LogP contribution in [-0.2, 0) is 14.3 Å². The van der Waals surface area contributed by atoms with E-state index in [1.165, 1.54) is 0 Å². The van der Waals surface area contributed by atoms with E-state index in [0.717, 1.165) is 6.42 Å². The molecule has 92 valence electrons. The van der Waals surface area contributed by atoms with Gasteiger partial charge in [-0.1, -0.05) is 13.8 Å². The average molecular weight is 229 g/mol. The van der Waals surface area contributed by atoms with Gasteiger partial charge in [0.25, 0.3) is 0 Å². The summed E-state index contributed by atoms with van der Waals surface area (Å²) in [5, 5.41) is 11.6. The lowest BCUT2D eigenvalue weighted by Crippen LogP contribution is -2.42. The third kappa shape index (κ3) is 3.81. The van der Waals surface area contributed by atoms with Crippen LogP contribution in [0.5, 0.6) is 0 Å². The van der Waals surface area contributed by atoms with Crippen molar-refractivity contribution in [3.8, 4) is 0 Å². The lowest BCUT2D eigenvalue weighted by atomic mass is 10.0. The van der Waals surface area contributed by atoms with E-state index in [1.54, 1.807) is 0 Å². The molecule has 2 atom stereocenters. The number of nitrogens with one attached hydrogen (secondary N) is 1. The van der Waals surface area contributed by atoms with Gasteiger partial charge in [-0.05, 0) is 12.3 Å². The Kier molecular flexibility index (Phi) is 4.73. The smallest absolute Gasteiger partial charge is 0.311 e. The largest absolute Gasteiger partial charge is 0.481 e. The molecule has 0 aliphatic carbocycles. The second-order valence-corrected chi connectivity index (χ2v) is 4.59. The number of aliphatic carboxylic acids is 1. The molecule has 1 aliphatic heterocycles. The van der Waals surface area contributed by atoms with E-state index >= 15 is 0 Å². The zero-order valence-electron chi connectivity index (χ0n) is 9.73. The second-order valence-electron chi connectivity index (χ2n) is 4.59. The van der Waals surface area contributed by atoms with Crippen LogP contribution in [0.15, 0.2) is 0 Å². The van der Waals surface area contributed by atoms with Crippen LogP contribution in [0, 0.1) is 11.8 Å². The molecule has 0 aromatic rings. The van der Waals surface area contributed by atoms with Gasteiger partial charge in [0.2, 0.25) is 5.91 Å². The van der Waals surface area contributed by atoms with E-state index in [-0.39, 0.29) is 18.6 Å². The van der Waals surface area contributed by atoms with Crippen molar-refractivity contribution in [2.75, 3.05) is 13.2 Å². The van der Waals surface area contributed by atoms with Crippen molar-refractivity contribution >= 4 is 11.9 Å². The van der Waals surface area contributed by atoms with Crippen molar-refractivity contribution in [1.82, 2.24) is 5.32 Å². The predicted octanol–water partition coefficient (Wildman–Crippen LogP) is 0.638. The normalized spacial score (nSPS) is 24.7. The Morgan fingerprint density at radius 2 is 2.12 bits per heavy atom. The first-order valence-electron chi connectivity index (χ1n) is 5.60. The highest BCUT2D eigenvalue weighted by Crippen LogP contribution is 2.14. The summed E-state index contributed by atoms with van der Waals surface area (Å²) in [6, 6.07) is -0.378. The molecule has 0 bridgehead atoms. The number of hydrogen-bond donors (Lipinski definition) is 2. The van der Waals surface area contributed by atoms with Crippen LogP contribution < -0.4 is 5.32 Å². The summed E-state index contributed by atoms with van der Waals surface area (Å²) in [6.45, 7) is 4.58. The lowest BCUT2D eigenvalue weighted by Gasteiger charge is -2.15. The summed E-state index contributed by atoms with van der Waals surface area (Å²) in [7, 11) is 0. The maximum Gasteiger partial charge on any atom is 0.311 e. The second kappa shape index (κ2) is 5.84. The fourth-order valence-electron chi connectivity index (χ4n) is 1.64. The number of hydrogen-bond acceptors (Lipinski definition) is 3. The Morgan fingerprint density at radius 3 is 2.69 bits per heavy atom. The molecule has 2 unspecified atom stereocenters. The molecule has 1 fully saturated rings. The van der Waals surface area contributed by atoms with E-state index in [0.29, 0.717) is 18.9 Å². The van der Waals surface area contributed by atoms with Crippen LogP contribution in [0.25, 0.3) is 0 Å². The number of rotatable bonds is 5. The zero-order chi connectivity index (χ0) is 12.1. The number of carbonyl (C=O) groups is 2. The molecule has 1 rings (SSSR count). The number of carboxylic acid groups (broad SMARTS) is 1. The molecule has 0 radical (unpaired) electrons. The van der Waals surface area contributed by atoms with Gasteiger partial charge in [0.15, 0.2) is 0 Å². The summed E-state index contributed by atoms with van der Waals surface area (Å²) in [5.74, 6) is -1.13. The number of carbonyl (C=O) groups excluding carboxylic acids is 1. The maximum absolute atomic E-state index is 11.5. The summed E-state index contributed by atoms with van der Waals surface area (Å²) in [5.41, 5.74) is 0. The minimum atomic E-state index is -0.911. The lowest BCUT2D eigenvalue weighted by molar-refractivity contribution is -0.142. The molecule has 0 spiro atoms. The molecule has 1 amide bonds. The fourth-order valence-corrected chi connectivity index (χ4v) is 1.64. The van der Waals surface area contributed by atoms with Crippen LogP contribution in [0.1, 0.15) is 26.7 Å². The molecule has 16 heavy (non-hydrogen) atoms. The molecule has 5 nitrogen and oxygen atoms in total. The summed E-state index contributed by atoms with van der Waals surface area (Å²) in [6.07, 6.45) is 1.26. The van der Waals surface area contributed by atoms with Crippen LogP contribution in [-0.4, -0.2) is 36.2 Å².